The molecule has 0 spiro atoms. The van der Waals surface area contributed by atoms with Gasteiger partial charge in [-0.3, -0.25) is 9.59 Å². The van der Waals surface area contributed by atoms with Crippen LogP contribution in [0.25, 0.3) is 17.0 Å². The standard InChI is InChI=1S/C33H40Cl2N4O2/c1-23(2)36-32(40)22-39-21-28(27-5-3-4-6-31(27)39)26-13-15-37(16-14-26)20-25-11-17-38(18-12-25)33(41)10-8-24-7-9-29(34)30(35)19-24/h3-10,19,21,23,25-26H,11-18,20,22H2,1-2H3,(H,36,40)/b10-8+. The van der Waals surface area contributed by atoms with Crippen LogP contribution < -0.4 is 5.32 Å². The van der Waals surface area contributed by atoms with Gasteiger partial charge in [0.25, 0.3) is 0 Å². The van der Waals surface area contributed by atoms with E-state index in [-0.39, 0.29) is 17.9 Å². The van der Waals surface area contributed by atoms with E-state index >= 15 is 0 Å². The minimum absolute atomic E-state index is 0.0520. The quantitative estimate of drug-likeness (QED) is 0.299. The maximum absolute atomic E-state index is 12.7. The van der Waals surface area contributed by atoms with Crippen LogP contribution >= 0.6 is 23.2 Å². The van der Waals surface area contributed by atoms with Gasteiger partial charge in [0.2, 0.25) is 11.8 Å². The number of fused-ring (bicyclic) bond motifs is 1. The molecule has 0 saturated carbocycles. The Kier molecular flexibility index (Phi) is 9.74. The van der Waals surface area contributed by atoms with Crippen LogP contribution in [-0.2, 0) is 16.1 Å². The van der Waals surface area contributed by atoms with Gasteiger partial charge in [-0.1, -0.05) is 47.5 Å². The fraction of sp³-hybridized carbons (Fsp3) is 0.455. The number of hydrogen-bond acceptors (Lipinski definition) is 3. The number of carbonyl (C=O) groups is 2. The van der Waals surface area contributed by atoms with Crippen molar-refractivity contribution < 1.29 is 9.59 Å². The molecule has 1 aromatic heterocycles. The van der Waals surface area contributed by atoms with Gasteiger partial charge >= 0.3 is 0 Å². The number of benzene rings is 2. The molecule has 2 aromatic carbocycles. The maximum Gasteiger partial charge on any atom is 0.246 e. The first-order valence-corrected chi connectivity index (χ1v) is 15.5. The first kappa shape index (κ1) is 29.7. The first-order chi connectivity index (χ1) is 19.8. The largest absolute Gasteiger partial charge is 0.352 e. The molecule has 2 saturated heterocycles. The van der Waals surface area contributed by atoms with Crippen LogP contribution in [0.15, 0.2) is 54.7 Å². The van der Waals surface area contributed by atoms with E-state index in [1.807, 2.05) is 24.8 Å². The summed E-state index contributed by atoms with van der Waals surface area (Å²) in [5, 5.41) is 5.29. The summed E-state index contributed by atoms with van der Waals surface area (Å²) in [5.74, 6) is 1.23. The second kappa shape index (κ2) is 13.5. The minimum Gasteiger partial charge on any atom is -0.352 e. The fourth-order valence-electron chi connectivity index (χ4n) is 6.27. The molecule has 5 rings (SSSR count). The number of carbonyl (C=O) groups excluding carboxylic acids is 2. The van der Waals surface area contributed by atoms with Crippen LogP contribution in [-0.4, -0.2) is 64.9 Å². The molecule has 0 bridgehead atoms. The number of rotatable bonds is 8. The highest BCUT2D eigenvalue weighted by Crippen LogP contribution is 2.35. The highest BCUT2D eigenvalue weighted by molar-refractivity contribution is 6.42. The van der Waals surface area contributed by atoms with Crippen molar-refractivity contribution in [2.75, 3.05) is 32.7 Å². The van der Waals surface area contributed by atoms with Gasteiger partial charge in [0.05, 0.1) is 10.0 Å². The smallest absolute Gasteiger partial charge is 0.246 e. The lowest BCUT2D eigenvalue weighted by Gasteiger charge is -2.37. The van der Waals surface area contributed by atoms with Gasteiger partial charge in [-0.25, -0.2) is 0 Å². The van der Waals surface area contributed by atoms with Crippen molar-refractivity contribution in [3.05, 3.63) is 75.9 Å². The Bertz CT molecular complexity index is 1400. The SMILES string of the molecule is CC(C)NC(=O)Cn1cc(C2CCN(CC3CCN(C(=O)/C=C/c4ccc(Cl)c(Cl)c4)CC3)CC2)c2ccccc21. The van der Waals surface area contributed by atoms with E-state index in [0.29, 0.717) is 28.4 Å². The van der Waals surface area contributed by atoms with Crippen molar-refractivity contribution in [3.8, 4) is 0 Å². The summed E-state index contributed by atoms with van der Waals surface area (Å²) >= 11 is 12.1. The molecule has 2 aliphatic heterocycles. The number of amides is 2. The average Bonchev–Trinajstić information content (AvgIpc) is 3.32. The second-order valence-electron chi connectivity index (χ2n) is 11.8. The molecule has 2 aliphatic rings. The molecule has 41 heavy (non-hydrogen) atoms. The maximum atomic E-state index is 12.7. The fourth-order valence-corrected chi connectivity index (χ4v) is 6.58. The molecule has 0 atom stereocenters. The normalized spacial score (nSPS) is 17.6. The monoisotopic (exact) mass is 594 g/mol. The summed E-state index contributed by atoms with van der Waals surface area (Å²) in [6.07, 6.45) is 9.99. The average molecular weight is 596 g/mol. The Balaban J connectivity index is 1.10. The topological polar surface area (TPSA) is 57.6 Å². The molecule has 3 aromatic rings. The minimum atomic E-state index is 0.0520. The van der Waals surface area contributed by atoms with Gasteiger partial charge < -0.3 is 19.7 Å². The molecule has 3 heterocycles. The van der Waals surface area contributed by atoms with Crippen LogP contribution in [0.5, 0.6) is 0 Å². The Morgan fingerprint density at radius 3 is 2.41 bits per heavy atom. The van der Waals surface area contributed by atoms with Crippen LogP contribution in [0.1, 0.15) is 56.6 Å². The van der Waals surface area contributed by atoms with Gasteiger partial charge in [0.1, 0.15) is 6.54 Å². The van der Waals surface area contributed by atoms with Crippen molar-refractivity contribution >= 4 is 52.0 Å². The lowest BCUT2D eigenvalue weighted by atomic mass is 9.88. The van der Waals surface area contributed by atoms with Gasteiger partial charge in [-0.05, 0) is 99.9 Å². The molecule has 6 nitrogen and oxygen atoms in total. The zero-order valence-electron chi connectivity index (χ0n) is 24.0. The van der Waals surface area contributed by atoms with E-state index in [1.54, 1.807) is 24.3 Å². The molecule has 0 radical (unpaired) electrons. The highest BCUT2D eigenvalue weighted by Gasteiger charge is 2.28. The van der Waals surface area contributed by atoms with Crippen LogP contribution in [0.4, 0.5) is 0 Å². The molecule has 218 valence electrons. The molecule has 2 fully saturated rings. The predicted octanol–water partition coefficient (Wildman–Crippen LogP) is 6.60. The summed E-state index contributed by atoms with van der Waals surface area (Å²) in [5.41, 5.74) is 3.38. The summed E-state index contributed by atoms with van der Waals surface area (Å²) in [6, 6.07) is 14.0. The van der Waals surface area contributed by atoms with Gasteiger partial charge in [0.15, 0.2) is 0 Å². The summed E-state index contributed by atoms with van der Waals surface area (Å²) in [7, 11) is 0. The molecule has 0 unspecified atom stereocenters. The zero-order chi connectivity index (χ0) is 28.9. The molecule has 8 heteroatoms. The first-order valence-electron chi connectivity index (χ1n) is 14.8. The van der Waals surface area contributed by atoms with Crippen LogP contribution in [0, 0.1) is 5.92 Å². The predicted molar refractivity (Wildman–Crippen MR) is 168 cm³/mol. The number of likely N-dealkylation sites (tertiary alicyclic amines) is 2. The number of piperidine rings is 2. The van der Waals surface area contributed by atoms with Crippen molar-refractivity contribution in [2.24, 2.45) is 5.92 Å². The summed E-state index contributed by atoms with van der Waals surface area (Å²) < 4.78 is 2.11. The molecule has 0 aliphatic carbocycles. The van der Waals surface area contributed by atoms with Crippen LogP contribution in [0.3, 0.4) is 0 Å². The number of nitrogens with one attached hydrogen (secondary N) is 1. The highest BCUT2D eigenvalue weighted by atomic mass is 35.5. The third-order valence-corrected chi connectivity index (χ3v) is 9.15. The van der Waals surface area contributed by atoms with Crippen LogP contribution in [0.2, 0.25) is 10.0 Å². The van der Waals surface area contributed by atoms with Crippen molar-refractivity contribution in [1.29, 1.82) is 0 Å². The number of nitrogens with zero attached hydrogens (tertiary/aromatic N) is 3. The van der Waals surface area contributed by atoms with E-state index in [9.17, 15) is 9.59 Å². The van der Waals surface area contributed by atoms with E-state index in [1.165, 1.54) is 10.9 Å². The molecule has 2 amide bonds. The lowest BCUT2D eigenvalue weighted by molar-refractivity contribution is -0.127. The number of aromatic nitrogens is 1. The third kappa shape index (κ3) is 7.54. The summed E-state index contributed by atoms with van der Waals surface area (Å²) in [6.45, 7) is 9.21. The Morgan fingerprint density at radius 1 is 0.976 bits per heavy atom. The van der Waals surface area contributed by atoms with Gasteiger partial charge in [-0.2, -0.15) is 0 Å². The number of para-hydroxylation sites is 1. The van der Waals surface area contributed by atoms with Crippen molar-refractivity contribution in [3.63, 3.8) is 0 Å². The van der Waals surface area contributed by atoms with E-state index in [4.69, 9.17) is 23.2 Å². The molecular weight excluding hydrogens is 555 g/mol. The van der Waals surface area contributed by atoms with Crippen molar-refractivity contribution in [1.82, 2.24) is 19.7 Å². The third-order valence-electron chi connectivity index (χ3n) is 8.42. The molecular formula is C33H40Cl2N4O2. The molecule has 1 N–H and O–H groups in total. The van der Waals surface area contributed by atoms with Crippen molar-refractivity contribution in [2.45, 2.75) is 58.0 Å². The summed E-state index contributed by atoms with van der Waals surface area (Å²) in [4.78, 5) is 29.8. The van der Waals surface area contributed by atoms with Gasteiger partial charge in [-0.15, -0.1) is 0 Å². The van der Waals surface area contributed by atoms with E-state index in [0.717, 1.165) is 69.5 Å². The zero-order valence-corrected chi connectivity index (χ0v) is 25.5. The number of hydrogen-bond donors (Lipinski definition) is 1. The Morgan fingerprint density at radius 2 is 1.71 bits per heavy atom. The Labute approximate surface area is 253 Å². The lowest BCUT2D eigenvalue weighted by Crippen LogP contribution is -2.42. The van der Waals surface area contributed by atoms with E-state index in [2.05, 4.69) is 45.2 Å². The van der Waals surface area contributed by atoms with E-state index < -0.39 is 0 Å². The van der Waals surface area contributed by atoms with Gasteiger partial charge in [0, 0.05) is 48.9 Å². The second-order valence-corrected chi connectivity index (χ2v) is 12.6. The number of halogens is 2. The Hall–Kier alpha value is -2.80.